The first-order chi connectivity index (χ1) is 12.8. The topological polar surface area (TPSA) is 84.5 Å². The van der Waals surface area contributed by atoms with E-state index in [1.54, 1.807) is 24.3 Å². The van der Waals surface area contributed by atoms with Gasteiger partial charge < -0.3 is 10.1 Å². The first-order valence-electron chi connectivity index (χ1n) is 8.33. The summed E-state index contributed by atoms with van der Waals surface area (Å²) in [6.07, 6.45) is 1.57. The molecule has 1 fully saturated rings. The van der Waals surface area contributed by atoms with Crippen LogP contribution in [0.2, 0.25) is 10.0 Å². The summed E-state index contributed by atoms with van der Waals surface area (Å²) < 4.78 is 33.1. The SMILES string of the molecule is O=C(Nc1ccc(Cl)cc1)c1ccc(Cl)c(S(=O)(=O)NC[C@@H]2CCCO2)c1. The number of carbonyl (C=O) groups is 1. The second kappa shape index (κ2) is 8.58. The highest BCUT2D eigenvalue weighted by Gasteiger charge is 2.23. The predicted molar refractivity (Wildman–Crippen MR) is 105 cm³/mol. The largest absolute Gasteiger partial charge is 0.377 e. The minimum atomic E-state index is -3.87. The Balaban J connectivity index is 1.76. The molecule has 0 unspecified atom stereocenters. The average molecular weight is 429 g/mol. The molecule has 144 valence electrons. The number of halogens is 2. The highest BCUT2D eigenvalue weighted by Crippen LogP contribution is 2.24. The summed E-state index contributed by atoms with van der Waals surface area (Å²) in [6.45, 7) is 0.799. The minimum absolute atomic E-state index is 0.0397. The molecule has 0 spiro atoms. The van der Waals surface area contributed by atoms with Crippen LogP contribution in [0.1, 0.15) is 23.2 Å². The van der Waals surface area contributed by atoms with Crippen LogP contribution in [0.5, 0.6) is 0 Å². The van der Waals surface area contributed by atoms with E-state index in [1.807, 2.05) is 0 Å². The average Bonchev–Trinajstić information content (AvgIpc) is 3.16. The van der Waals surface area contributed by atoms with Gasteiger partial charge in [-0.25, -0.2) is 13.1 Å². The predicted octanol–water partition coefficient (Wildman–Crippen LogP) is 3.70. The lowest BCUT2D eigenvalue weighted by atomic mass is 10.2. The maximum absolute atomic E-state index is 12.6. The third kappa shape index (κ3) is 5.21. The number of anilines is 1. The van der Waals surface area contributed by atoms with Crippen molar-refractivity contribution in [2.45, 2.75) is 23.8 Å². The smallest absolute Gasteiger partial charge is 0.255 e. The van der Waals surface area contributed by atoms with E-state index in [0.717, 1.165) is 12.8 Å². The van der Waals surface area contributed by atoms with Gasteiger partial charge in [0.15, 0.2) is 0 Å². The van der Waals surface area contributed by atoms with E-state index in [2.05, 4.69) is 10.0 Å². The lowest BCUT2D eigenvalue weighted by Gasteiger charge is -2.13. The fourth-order valence-electron chi connectivity index (χ4n) is 2.67. The molecular weight excluding hydrogens is 411 g/mol. The molecule has 27 heavy (non-hydrogen) atoms. The van der Waals surface area contributed by atoms with Crippen LogP contribution >= 0.6 is 23.2 Å². The van der Waals surface area contributed by atoms with Crippen LogP contribution in [0.25, 0.3) is 0 Å². The summed E-state index contributed by atoms with van der Waals surface area (Å²) in [5.74, 6) is -0.454. The first kappa shape index (κ1) is 20.1. The zero-order valence-electron chi connectivity index (χ0n) is 14.2. The molecule has 9 heteroatoms. The summed E-state index contributed by atoms with van der Waals surface area (Å²) in [6, 6.07) is 10.7. The van der Waals surface area contributed by atoms with Crippen molar-refractivity contribution in [2.75, 3.05) is 18.5 Å². The van der Waals surface area contributed by atoms with E-state index in [9.17, 15) is 13.2 Å². The zero-order chi connectivity index (χ0) is 19.4. The van der Waals surface area contributed by atoms with Gasteiger partial charge in [-0.1, -0.05) is 23.2 Å². The maximum Gasteiger partial charge on any atom is 0.255 e. The Morgan fingerprint density at radius 3 is 2.56 bits per heavy atom. The van der Waals surface area contributed by atoms with Crippen molar-refractivity contribution in [3.63, 3.8) is 0 Å². The summed E-state index contributed by atoms with van der Waals surface area (Å²) in [5, 5.41) is 3.27. The van der Waals surface area contributed by atoms with Crippen molar-refractivity contribution in [1.29, 1.82) is 0 Å². The Bertz CT molecular complexity index is 927. The highest BCUT2D eigenvalue weighted by atomic mass is 35.5. The molecule has 0 bridgehead atoms. The fourth-order valence-corrected chi connectivity index (χ4v) is 4.39. The quantitative estimate of drug-likeness (QED) is 0.734. The number of sulfonamides is 1. The van der Waals surface area contributed by atoms with Gasteiger partial charge in [0.1, 0.15) is 4.90 Å². The summed E-state index contributed by atoms with van der Waals surface area (Å²) in [5.41, 5.74) is 0.715. The van der Waals surface area contributed by atoms with Gasteiger partial charge in [-0.05, 0) is 55.3 Å². The molecule has 0 aliphatic carbocycles. The van der Waals surface area contributed by atoms with E-state index in [4.69, 9.17) is 27.9 Å². The molecule has 2 aromatic rings. The molecule has 0 saturated carbocycles. The van der Waals surface area contributed by atoms with Crippen molar-refractivity contribution in [2.24, 2.45) is 0 Å². The molecule has 1 aliphatic heterocycles. The van der Waals surface area contributed by atoms with Crippen molar-refractivity contribution >= 4 is 44.8 Å². The summed E-state index contributed by atoms with van der Waals surface area (Å²) in [4.78, 5) is 12.3. The molecular formula is C18H18Cl2N2O4S. The van der Waals surface area contributed by atoms with Crippen LogP contribution < -0.4 is 10.0 Å². The van der Waals surface area contributed by atoms with Crippen LogP contribution in [0.3, 0.4) is 0 Å². The molecule has 6 nitrogen and oxygen atoms in total. The molecule has 1 saturated heterocycles. The summed E-state index contributed by atoms with van der Waals surface area (Å²) in [7, 11) is -3.87. The fraction of sp³-hybridized carbons (Fsp3) is 0.278. The molecule has 1 atom stereocenters. The number of nitrogens with one attached hydrogen (secondary N) is 2. The monoisotopic (exact) mass is 428 g/mol. The molecule has 0 radical (unpaired) electrons. The number of hydrogen-bond donors (Lipinski definition) is 2. The zero-order valence-corrected chi connectivity index (χ0v) is 16.6. The van der Waals surface area contributed by atoms with Gasteiger partial charge in [0.25, 0.3) is 5.91 Å². The lowest BCUT2D eigenvalue weighted by molar-refractivity contribution is 0.102. The first-order valence-corrected chi connectivity index (χ1v) is 10.6. The Labute approximate surface area is 167 Å². The van der Waals surface area contributed by atoms with Gasteiger partial charge in [0.2, 0.25) is 10.0 Å². The van der Waals surface area contributed by atoms with Gasteiger partial charge in [-0.3, -0.25) is 4.79 Å². The van der Waals surface area contributed by atoms with E-state index >= 15 is 0 Å². The minimum Gasteiger partial charge on any atom is -0.377 e. The third-order valence-electron chi connectivity index (χ3n) is 4.11. The molecule has 1 aliphatic rings. The number of amides is 1. The van der Waals surface area contributed by atoms with Crippen molar-refractivity contribution < 1.29 is 17.9 Å². The van der Waals surface area contributed by atoms with Crippen LogP contribution in [0.4, 0.5) is 5.69 Å². The van der Waals surface area contributed by atoms with E-state index < -0.39 is 15.9 Å². The molecule has 2 aromatic carbocycles. The van der Waals surface area contributed by atoms with Gasteiger partial charge in [0, 0.05) is 29.4 Å². The summed E-state index contributed by atoms with van der Waals surface area (Å²) >= 11 is 11.9. The molecule has 1 heterocycles. The van der Waals surface area contributed by atoms with Crippen molar-refractivity contribution in [3.8, 4) is 0 Å². The number of hydrogen-bond acceptors (Lipinski definition) is 4. The molecule has 0 aromatic heterocycles. The van der Waals surface area contributed by atoms with E-state index in [1.165, 1.54) is 18.2 Å². The van der Waals surface area contributed by atoms with Gasteiger partial charge in [-0.2, -0.15) is 0 Å². The normalized spacial score (nSPS) is 17.0. The number of benzene rings is 2. The Morgan fingerprint density at radius 2 is 1.89 bits per heavy atom. The van der Waals surface area contributed by atoms with Gasteiger partial charge >= 0.3 is 0 Å². The van der Waals surface area contributed by atoms with Crippen LogP contribution in [-0.4, -0.2) is 33.6 Å². The Morgan fingerprint density at radius 1 is 1.15 bits per heavy atom. The highest BCUT2D eigenvalue weighted by molar-refractivity contribution is 7.89. The molecule has 3 rings (SSSR count). The van der Waals surface area contributed by atoms with E-state index in [0.29, 0.717) is 17.3 Å². The second-order valence-electron chi connectivity index (χ2n) is 6.09. The van der Waals surface area contributed by atoms with Crippen LogP contribution in [0.15, 0.2) is 47.4 Å². The number of rotatable bonds is 6. The Hall–Kier alpha value is -1.64. The third-order valence-corrected chi connectivity index (χ3v) is 6.27. The molecule has 2 N–H and O–H groups in total. The number of carbonyl (C=O) groups excluding carboxylic acids is 1. The standard InChI is InChI=1S/C18H18Cl2N2O4S/c19-13-4-6-14(7-5-13)22-18(23)12-3-8-16(20)17(10-12)27(24,25)21-11-15-2-1-9-26-15/h3-8,10,15,21H,1-2,9,11H2,(H,22,23)/t15-/m0/s1. The van der Waals surface area contributed by atoms with Crippen LogP contribution in [-0.2, 0) is 14.8 Å². The Kier molecular flexibility index (Phi) is 6.39. The van der Waals surface area contributed by atoms with Crippen molar-refractivity contribution in [1.82, 2.24) is 4.72 Å². The second-order valence-corrected chi connectivity index (χ2v) is 8.67. The van der Waals surface area contributed by atoms with Gasteiger partial charge in [0.05, 0.1) is 11.1 Å². The van der Waals surface area contributed by atoms with Crippen molar-refractivity contribution in [3.05, 3.63) is 58.1 Å². The maximum atomic E-state index is 12.6. The number of ether oxygens (including phenoxy) is 1. The lowest BCUT2D eigenvalue weighted by Crippen LogP contribution is -2.32. The van der Waals surface area contributed by atoms with Crippen LogP contribution in [0, 0.1) is 0 Å². The molecule has 1 amide bonds. The van der Waals surface area contributed by atoms with E-state index in [-0.39, 0.29) is 28.1 Å². The van der Waals surface area contributed by atoms with Gasteiger partial charge in [-0.15, -0.1) is 0 Å².